The van der Waals surface area contributed by atoms with Gasteiger partial charge < -0.3 is 23.9 Å². The summed E-state index contributed by atoms with van der Waals surface area (Å²) < 4.78 is 17.6. The summed E-state index contributed by atoms with van der Waals surface area (Å²) in [6, 6.07) is 10.2. The standard InChI is InChI=1S/C22H20N2O6/c1-12-10-15(25)18(21(26)24(12)11-13-6-4-5-9-23-13)19-14-7-8-16(28-2)20(29-3)17(14)22(27)30-19/h4-10,19,25H,11H2,1-3H3. The zero-order valence-corrected chi connectivity index (χ0v) is 16.7. The summed E-state index contributed by atoms with van der Waals surface area (Å²) in [5.74, 6) is -0.297. The SMILES string of the molecule is COc1ccc2c(c1OC)C(=O)OC2c1c(O)cc(C)n(Cc2ccccn2)c1=O. The molecule has 2 aromatic heterocycles. The molecule has 4 rings (SSSR count). The topological polar surface area (TPSA) is 99.9 Å². The molecule has 0 amide bonds. The van der Waals surface area contributed by atoms with Crippen LogP contribution in [-0.4, -0.2) is 34.8 Å². The maximum atomic E-state index is 13.3. The van der Waals surface area contributed by atoms with Crippen LogP contribution in [0.5, 0.6) is 17.2 Å². The molecule has 1 unspecified atom stereocenters. The Labute approximate surface area is 172 Å². The summed E-state index contributed by atoms with van der Waals surface area (Å²) in [5, 5.41) is 10.6. The van der Waals surface area contributed by atoms with Crippen LogP contribution in [0.15, 0.2) is 47.4 Å². The summed E-state index contributed by atoms with van der Waals surface area (Å²) in [6.07, 6.45) is 0.585. The minimum atomic E-state index is -1.06. The van der Waals surface area contributed by atoms with Gasteiger partial charge in [0.2, 0.25) is 0 Å². The lowest BCUT2D eigenvalue weighted by atomic mass is 9.98. The van der Waals surface area contributed by atoms with Crippen molar-refractivity contribution in [2.24, 2.45) is 0 Å². The Morgan fingerprint density at radius 3 is 2.63 bits per heavy atom. The van der Waals surface area contributed by atoms with Gasteiger partial charge in [0.1, 0.15) is 16.9 Å². The van der Waals surface area contributed by atoms with Crippen LogP contribution in [0.25, 0.3) is 0 Å². The summed E-state index contributed by atoms with van der Waals surface area (Å²) in [5.41, 5.74) is 1.38. The van der Waals surface area contributed by atoms with Crippen LogP contribution < -0.4 is 15.0 Å². The number of rotatable bonds is 5. The number of carbonyl (C=O) groups is 1. The third-order valence-corrected chi connectivity index (χ3v) is 5.12. The van der Waals surface area contributed by atoms with Crippen molar-refractivity contribution < 1.29 is 24.1 Å². The van der Waals surface area contributed by atoms with E-state index < -0.39 is 17.6 Å². The van der Waals surface area contributed by atoms with E-state index in [1.807, 2.05) is 6.07 Å². The fourth-order valence-corrected chi connectivity index (χ4v) is 3.68. The molecular formula is C22H20N2O6. The number of aromatic hydroxyl groups is 1. The molecule has 3 aromatic rings. The smallest absolute Gasteiger partial charge is 0.343 e. The molecule has 8 nitrogen and oxygen atoms in total. The number of esters is 1. The van der Waals surface area contributed by atoms with E-state index in [0.29, 0.717) is 22.7 Å². The summed E-state index contributed by atoms with van der Waals surface area (Å²) in [7, 11) is 2.88. The van der Waals surface area contributed by atoms with Crippen LogP contribution in [0.1, 0.15) is 39.0 Å². The predicted octanol–water partition coefficient (Wildman–Crippen LogP) is 2.58. The molecule has 1 atom stereocenters. The average Bonchev–Trinajstić information content (AvgIpc) is 3.07. The van der Waals surface area contributed by atoms with Gasteiger partial charge in [0, 0.05) is 17.5 Å². The Morgan fingerprint density at radius 1 is 1.17 bits per heavy atom. The largest absolute Gasteiger partial charge is 0.507 e. The van der Waals surface area contributed by atoms with Gasteiger partial charge in [0.15, 0.2) is 17.6 Å². The Hall–Kier alpha value is -3.81. The van der Waals surface area contributed by atoms with Gasteiger partial charge in [-0.2, -0.15) is 0 Å². The molecule has 154 valence electrons. The molecule has 3 heterocycles. The van der Waals surface area contributed by atoms with Crippen LogP contribution >= 0.6 is 0 Å². The van der Waals surface area contributed by atoms with Gasteiger partial charge in [-0.1, -0.05) is 12.1 Å². The molecule has 8 heteroatoms. The quantitative estimate of drug-likeness (QED) is 0.648. The second kappa shape index (κ2) is 7.55. The number of cyclic esters (lactones) is 1. The van der Waals surface area contributed by atoms with Crippen molar-refractivity contribution in [3.63, 3.8) is 0 Å². The minimum Gasteiger partial charge on any atom is -0.507 e. The molecule has 0 spiro atoms. The molecule has 0 saturated carbocycles. The zero-order valence-electron chi connectivity index (χ0n) is 16.7. The van der Waals surface area contributed by atoms with Crippen LogP contribution in [0.3, 0.4) is 0 Å². The highest BCUT2D eigenvalue weighted by molar-refractivity contribution is 5.98. The highest BCUT2D eigenvalue weighted by atomic mass is 16.6. The number of carbonyl (C=O) groups excluding carboxylic acids is 1. The maximum Gasteiger partial charge on any atom is 0.343 e. The number of ether oxygens (including phenoxy) is 3. The molecule has 1 aliphatic heterocycles. The van der Waals surface area contributed by atoms with Gasteiger partial charge in [-0.3, -0.25) is 9.78 Å². The lowest BCUT2D eigenvalue weighted by Gasteiger charge is -2.17. The van der Waals surface area contributed by atoms with E-state index in [0.717, 1.165) is 0 Å². The Morgan fingerprint density at radius 2 is 1.97 bits per heavy atom. The van der Waals surface area contributed by atoms with Crippen molar-refractivity contribution in [2.45, 2.75) is 19.6 Å². The number of nitrogens with zero attached hydrogens (tertiary/aromatic N) is 2. The lowest BCUT2D eigenvalue weighted by Crippen LogP contribution is -2.28. The molecule has 1 aliphatic rings. The van der Waals surface area contributed by atoms with Crippen molar-refractivity contribution >= 4 is 5.97 Å². The molecule has 0 radical (unpaired) electrons. The molecular weight excluding hydrogens is 388 g/mol. The van der Waals surface area contributed by atoms with E-state index in [-0.39, 0.29) is 29.2 Å². The minimum absolute atomic E-state index is 0.0177. The number of aryl methyl sites for hydroxylation is 1. The average molecular weight is 408 g/mol. The molecule has 0 fully saturated rings. The van der Waals surface area contributed by atoms with E-state index in [2.05, 4.69) is 4.98 Å². The van der Waals surface area contributed by atoms with E-state index in [9.17, 15) is 14.7 Å². The molecule has 0 bridgehead atoms. The molecule has 1 aromatic carbocycles. The molecule has 0 saturated heterocycles. The highest BCUT2D eigenvalue weighted by Gasteiger charge is 2.39. The summed E-state index contributed by atoms with van der Waals surface area (Å²) in [4.78, 5) is 30.2. The van der Waals surface area contributed by atoms with Crippen molar-refractivity contribution in [3.8, 4) is 17.2 Å². The van der Waals surface area contributed by atoms with Crippen LogP contribution in [0, 0.1) is 6.92 Å². The number of hydrogen-bond acceptors (Lipinski definition) is 7. The fraction of sp³-hybridized carbons (Fsp3) is 0.227. The Bertz CT molecular complexity index is 1190. The van der Waals surface area contributed by atoms with E-state index in [1.54, 1.807) is 37.4 Å². The van der Waals surface area contributed by atoms with E-state index in [4.69, 9.17) is 14.2 Å². The van der Waals surface area contributed by atoms with Gasteiger partial charge in [-0.15, -0.1) is 0 Å². The van der Waals surface area contributed by atoms with Crippen LogP contribution in [0.2, 0.25) is 0 Å². The summed E-state index contributed by atoms with van der Waals surface area (Å²) >= 11 is 0. The maximum absolute atomic E-state index is 13.3. The summed E-state index contributed by atoms with van der Waals surface area (Å²) in [6.45, 7) is 1.94. The second-order valence-electron chi connectivity index (χ2n) is 6.85. The van der Waals surface area contributed by atoms with Crippen molar-refractivity contribution in [3.05, 3.63) is 81.0 Å². The number of aromatic nitrogens is 2. The predicted molar refractivity (Wildman–Crippen MR) is 107 cm³/mol. The Kier molecular flexibility index (Phi) is 4.91. The van der Waals surface area contributed by atoms with Crippen LogP contribution in [-0.2, 0) is 11.3 Å². The molecule has 0 aliphatic carbocycles. The third kappa shape index (κ3) is 3.06. The van der Waals surface area contributed by atoms with Gasteiger partial charge in [0.05, 0.1) is 26.5 Å². The zero-order chi connectivity index (χ0) is 21.4. The van der Waals surface area contributed by atoms with Gasteiger partial charge in [-0.25, -0.2) is 4.79 Å². The molecule has 30 heavy (non-hydrogen) atoms. The van der Waals surface area contributed by atoms with Crippen LogP contribution in [0.4, 0.5) is 0 Å². The van der Waals surface area contributed by atoms with Crippen molar-refractivity contribution in [1.82, 2.24) is 9.55 Å². The van der Waals surface area contributed by atoms with E-state index in [1.165, 1.54) is 24.9 Å². The van der Waals surface area contributed by atoms with E-state index >= 15 is 0 Å². The Balaban J connectivity index is 1.86. The van der Waals surface area contributed by atoms with Crippen molar-refractivity contribution in [1.29, 1.82) is 0 Å². The van der Waals surface area contributed by atoms with Gasteiger partial charge in [-0.05, 0) is 31.2 Å². The van der Waals surface area contributed by atoms with Gasteiger partial charge in [0.25, 0.3) is 5.56 Å². The first-order chi connectivity index (χ1) is 14.5. The second-order valence-corrected chi connectivity index (χ2v) is 6.85. The highest BCUT2D eigenvalue weighted by Crippen LogP contribution is 2.45. The third-order valence-electron chi connectivity index (χ3n) is 5.12. The first-order valence-electron chi connectivity index (χ1n) is 9.25. The lowest BCUT2D eigenvalue weighted by molar-refractivity contribution is 0.0448. The first-order valence-corrected chi connectivity index (χ1v) is 9.25. The number of benzene rings is 1. The van der Waals surface area contributed by atoms with Gasteiger partial charge >= 0.3 is 5.97 Å². The number of pyridine rings is 2. The fourth-order valence-electron chi connectivity index (χ4n) is 3.68. The number of fused-ring (bicyclic) bond motifs is 1. The monoisotopic (exact) mass is 408 g/mol. The number of hydrogen-bond donors (Lipinski definition) is 1. The normalized spacial score (nSPS) is 14.9. The first kappa shape index (κ1) is 19.5. The van der Waals surface area contributed by atoms with Crippen molar-refractivity contribution in [2.75, 3.05) is 14.2 Å². The number of methoxy groups -OCH3 is 2. The molecule has 1 N–H and O–H groups in total.